The summed E-state index contributed by atoms with van der Waals surface area (Å²) >= 11 is 1.08. The van der Waals surface area contributed by atoms with Crippen molar-refractivity contribution in [2.24, 2.45) is 0 Å². The highest BCUT2D eigenvalue weighted by Crippen LogP contribution is 2.29. The van der Waals surface area contributed by atoms with Crippen molar-refractivity contribution in [2.75, 3.05) is 12.4 Å². The van der Waals surface area contributed by atoms with Gasteiger partial charge in [0, 0.05) is 5.56 Å². The smallest absolute Gasteiger partial charge is 0.269 e. The molecule has 0 fully saturated rings. The third kappa shape index (κ3) is 3.28. The molecule has 1 heterocycles. The van der Waals surface area contributed by atoms with Crippen LogP contribution in [0.5, 0.6) is 5.75 Å². The number of benzene rings is 2. The number of aryl methyl sites for hydroxylation is 2. The van der Waals surface area contributed by atoms with Crippen LogP contribution >= 0.6 is 11.5 Å². The number of hydrogen-bond acceptors (Lipinski definition) is 5. The first-order chi connectivity index (χ1) is 11.6. The number of carbonyl (C=O) groups is 1. The van der Waals surface area contributed by atoms with Crippen LogP contribution in [0.1, 0.15) is 20.8 Å². The zero-order valence-corrected chi connectivity index (χ0v) is 14.5. The van der Waals surface area contributed by atoms with Crippen LogP contribution in [0.15, 0.2) is 42.5 Å². The van der Waals surface area contributed by atoms with Crippen molar-refractivity contribution >= 4 is 23.1 Å². The molecule has 0 bridgehead atoms. The van der Waals surface area contributed by atoms with Crippen molar-refractivity contribution in [3.05, 3.63) is 58.5 Å². The van der Waals surface area contributed by atoms with Gasteiger partial charge in [0.2, 0.25) is 0 Å². The number of nitrogens with one attached hydrogen (secondary N) is 1. The van der Waals surface area contributed by atoms with E-state index in [2.05, 4.69) is 14.9 Å². The molecule has 0 aliphatic heterocycles. The van der Waals surface area contributed by atoms with Gasteiger partial charge in [-0.15, -0.1) is 5.10 Å². The lowest BCUT2D eigenvalue weighted by Gasteiger charge is -2.10. The molecule has 0 radical (unpaired) electrons. The van der Waals surface area contributed by atoms with Crippen LogP contribution in [0, 0.1) is 13.8 Å². The SMILES string of the molecule is COc1ccc(C)cc1NC(=O)c1snnc1-c1ccc(C)cc1. The minimum Gasteiger partial charge on any atom is -0.495 e. The van der Waals surface area contributed by atoms with Gasteiger partial charge < -0.3 is 10.1 Å². The van der Waals surface area contributed by atoms with Crippen LogP contribution in [0.3, 0.4) is 0 Å². The number of anilines is 1. The lowest BCUT2D eigenvalue weighted by atomic mass is 10.1. The Kier molecular flexibility index (Phi) is 4.57. The number of nitrogens with zero attached hydrogens (tertiary/aromatic N) is 2. The average Bonchev–Trinajstić information content (AvgIpc) is 3.05. The van der Waals surface area contributed by atoms with Gasteiger partial charge in [-0.05, 0) is 43.1 Å². The number of aromatic nitrogens is 2. The predicted octanol–water partition coefficient (Wildman–Crippen LogP) is 4.08. The van der Waals surface area contributed by atoms with Gasteiger partial charge in [0.05, 0.1) is 12.8 Å². The van der Waals surface area contributed by atoms with E-state index in [4.69, 9.17) is 4.74 Å². The summed E-state index contributed by atoms with van der Waals surface area (Å²) in [4.78, 5) is 13.2. The Morgan fingerprint density at radius 3 is 2.50 bits per heavy atom. The van der Waals surface area contributed by atoms with Crippen LogP contribution in [-0.2, 0) is 0 Å². The molecule has 1 N–H and O–H groups in total. The van der Waals surface area contributed by atoms with Gasteiger partial charge in [0.1, 0.15) is 16.3 Å². The van der Waals surface area contributed by atoms with Crippen molar-refractivity contribution in [2.45, 2.75) is 13.8 Å². The molecule has 0 unspecified atom stereocenters. The summed E-state index contributed by atoms with van der Waals surface area (Å²) in [7, 11) is 1.58. The van der Waals surface area contributed by atoms with Crippen LogP contribution < -0.4 is 10.1 Å². The number of rotatable bonds is 4. The fourth-order valence-electron chi connectivity index (χ4n) is 2.34. The highest BCUT2D eigenvalue weighted by atomic mass is 32.1. The molecule has 2 aromatic carbocycles. The number of carbonyl (C=O) groups excluding carboxylic acids is 1. The molecule has 0 saturated heterocycles. The fraction of sp³-hybridized carbons (Fsp3) is 0.167. The monoisotopic (exact) mass is 339 g/mol. The second kappa shape index (κ2) is 6.80. The van der Waals surface area contributed by atoms with E-state index in [1.807, 2.05) is 56.3 Å². The summed E-state index contributed by atoms with van der Waals surface area (Å²) in [6.45, 7) is 3.97. The molecule has 3 aromatic rings. The number of ether oxygens (including phenoxy) is 1. The summed E-state index contributed by atoms with van der Waals surface area (Å²) < 4.78 is 9.25. The number of amides is 1. The van der Waals surface area contributed by atoms with Crippen molar-refractivity contribution in [3.8, 4) is 17.0 Å². The van der Waals surface area contributed by atoms with E-state index in [0.29, 0.717) is 22.0 Å². The van der Waals surface area contributed by atoms with E-state index >= 15 is 0 Å². The largest absolute Gasteiger partial charge is 0.495 e. The molecule has 5 nitrogen and oxygen atoms in total. The van der Waals surface area contributed by atoms with Gasteiger partial charge in [-0.1, -0.05) is 40.4 Å². The zero-order chi connectivity index (χ0) is 17.1. The van der Waals surface area contributed by atoms with E-state index in [0.717, 1.165) is 28.2 Å². The number of hydrogen-bond donors (Lipinski definition) is 1. The van der Waals surface area contributed by atoms with Gasteiger partial charge in [-0.25, -0.2) is 0 Å². The van der Waals surface area contributed by atoms with Crippen LogP contribution in [-0.4, -0.2) is 22.6 Å². The molecule has 0 aliphatic carbocycles. The molecular formula is C18H17N3O2S. The minimum absolute atomic E-state index is 0.246. The fourth-order valence-corrected chi connectivity index (χ4v) is 2.92. The molecule has 0 atom stereocenters. The van der Waals surface area contributed by atoms with Crippen LogP contribution in [0.2, 0.25) is 0 Å². The predicted molar refractivity (Wildman–Crippen MR) is 95.8 cm³/mol. The van der Waals surface area contributed by atoms with E-state index in [1.54, 1.807) is 7.11 Å². The lowest BCUT2D eigenvalue weighted by Crippen LogP contribution is -2.12. The molecule has 6 heteroatoms. The minimum atomic E-state index is -0.246. The molecule has 122 valence electrons. The van der Waals surface area contributed by atoms with Crippen molar-refractivity contribution in [1.82, 2.24) is 9.59 Å². The third-order valence-electron chi connectivity index (χ3n) is 3.62. The van der Waals surface area contributed by atoms with E-state index in [1.165, 1.54) is 0 Å². The Bertz CT molecular complexity index is 872. The molecule has 0 saturated carbocycles. The van der Waals surface area contributed by atoms with E-state index in [-0.39, 0.29) is 5.91 Å². The average molecular weight is 339 g/mol. The first-order valence-electron chi connectivity index (χ1n) is 7.44. The first kappa shape index (κ1) is 16.1. The Morgan fingerprint density at radius 2 is 1.79 bits per heavy atom. The molecule has 1 aromatic heterocycles. The van der Waals surface area contributed by atoms with Gasteiger partial charge in [-0.2, -0.15) is 0 Å². The van der Waals surface area contributed by atoms with E-state index in [9.17, 15) is 4.79 Å². The highest BCUT2D eigenvalue weighted by molar-refractivity contribution is 7.08. The Balaban J connectivity index is 1.91. The second-order valence-corrected chi connectivity index (χ2v) is 6.23. The lowest BCUT2D eigenvalue weighted by molar-refractivity contribution is 0.103. The first-order valence-corrected chi connectivity index (χ1v) is 8.21. The van der Waals surface area contributed by atoms with Crippen molar-refractivity contribution in [3.63, 3.8) is 0 Å². The maximum Gasteiger partial charge on any atom is 0.269 e. The summed E-state index contributed by atoms with van der Waals surface area (Å²) in [6.07, 6.45) is 0. The molecule has 0 spiro atoms. The maximum absolute atomic E-state index is 12.7. The second-order valence-electron chi connectivity index (χ2n) is 5.47. The van der Waals surface area contributed by atoms with Crippen LogP contribution in [0.4, 0.5) is 5.69 Å². The Labute approximate surface area is 144 Å². The summed E-state index contributed by atoms with van der Waals surface area (Å²) in [6, 6.07) is 13.5. The van der Waals surface area contributed by atoms with Crippen molar-refractivity contribution < 1.29 is 9.53 Å². The normalized spacial score (nSPS) is 10.5. The van der Waals surface area contributed by atoms with Crippen molar-refractivity contribution in [1.29, 1.82) is 0 Å². The van der Waals surface area contributed by atoms with Gasteiger partial charge in [0.15, 0.2) is 0 Å². The third-order valence-corrected chi connectivity index (χ3v) is 4.35. The van der Waals surface area contributed by atoms with Gasteiger partial charge in [-0.3, -0.25) is 4.79 Å². The van der Waals surface area contributed by atoms with E-state index < -0.39 is 0 Å². The quantitative estimate of drug-likeness (QED) is 0.778. The molecule has 24 heavy (non-hydrogen) atoms. The molecule has 1 amide bonds. The Morgan fingerprint density at radius 1 is 1.08 bits per heavy atom. The Hall–Kier alpha value is -2.73. The summed E-state index contributed by atoms with van der Waals surface area (Å²) in [5, 5.41) is 7.01. The van der Waals surface area contributed by atoms with Gasteiger partial charge >= 0.3 is 0 Å². The maximum atomic E-state index is 12.7. The molecular weight excluding hydrogens is 322 g/mol. The van der Waals surface area contributed by atoms with Gasteiger partial charge in [0.25, 0.3) is 5.91 Å². The standard InChI is InChI=1S/C18H17N3O2S/c1-11-4-7-13(8-5-11)16-17(24-21-20-16)18(22)19-14-10-12(2)6-9-15(14)23-3/h4-10H,1-3H3,(H,19,22). The summed E-state index contributed by atoms with van der Waals surface area (Å²) in [5.74, 6) is 0.368. The summed E-state index contributed by atoms with van der Waals surface area (Å²) in [5.41, 5.74) is 4.27. The highest BCUT2D eigenvalue weighted by Gasteiger charge is 2.19. The van der Waals surface area contributed by atoms with Crippen LogP contribution in [0.25, 0.3) is 11.3 Å². The molecule has 0 aliphatic rings. The molecule has 3 rings (SSSR count). The topological polar surface area (TPSA) is 64.1 Å². The number of methoxy groups -OCH3 is 1. The zero-order valence-electron chi connectivity index (χ0n) is 13.7.